The van der Waals surface area contributed by atoms with Gasteiger partial charge >= 0.3 is 7.82 Å². The lowest BCUT2D eigenvalue weighted by Crippen LogP contribution is -2.04. The summed E-state index contributed by atoms with van der Waals surface area (Å²) in [5.74, 6) is 0.740. The van der Waals surface area contributed by atoms with Gasteiger partial charge in [0.25, 0.3) is 0 Å². The maximum Gasteiger partial charge on any atom is 0.474 e. The Labute approximate surface area is 188 Å². The lowest BCUT2D eigenvalue weighted by Gasteiger charge is -2.18. The zero-order chi connectivity index (χ0) is 21.6. The summed E-state index contributed by atoms with van der Waals surface area (Å²) in [6, 6.07) is 0. The highest BCUT2D eigenvalue weighted by atomic mass is 31.2. The number of unbranched alkanes of at least 4 members (excludes halogenated alkanes) is 12. The first-order chi connectivity index (χ1) is 14.0. The number of phosphoric ester groups is 1. The molecule has 6 heteroatoms. The third-order valence-electron chi connectivity index (χ3n) is 5.17. The SMILES string of the molecule is CCCCCCCCCCCCOP(=O)(OCCCC)OCCCCCC(C)C.N. The molecular formula is C24H54NO4P. The Bertz CT molecular complexity index is 380. The van der Waals surface area contributed by atoms with Gasteiger partial charge in [-0.05, 0) is 25.2 Å². The normalized spacial score (nSPS) is 13.4. The fourth-order valence-electron chi connectivity index (χ4n) is 3.21. The maximum atomic E-state index is 12.8. The minimum absolute atomic E-state index is 0. The fraction of sp³-hybridized carbons (Fsp3) is 1.00. The van der Waals surface area contributed by atoms with E-state index >= 15 is 0 Å². The third-order valence-corrected chi connectivity index (χ3v) is 6.67. The third kappa shape index (κ3) is 22.7. The molecule has 0 radical (unpaired) electrons. The van der Waals surface area contributed by atoms with Crippen molar-refractivity contribution >= 4 is 7.82 Å². The Morgan fingerprint density at radius 3 is 1.37 bits per heavy atom. The summed E-state index contributed by atoms with van der Waals surface area (Å²) in [4.78, 5) is 0. The molecule has 1 atom stereocenters. The van der Waals surface area contributed by atoms with Crippen molar-refractivity contribution in [2.45, 2.75) is 130 Å². The largest absolute Gasteiger partial charge is 0.474 e. The first-order valence-electron chi connectivity index (χ1n) is 12.6. The van der Waals surface area contributed by atoms with E-state index in [4.69, 9.17) is 13.6 Å². The minimum Gasteiger partial charge on any atom is -0.344 e. The van der Waals surface area contributed by atoms with Crippen LogP contribution in [0, 0.1) is 5.92 Å². The molecule has 0 saturated carbocycles. The zero-order valence-electron chi connectivity index (χ0n) is 20.8. The molecule has 0 saturated heterocycles. The monoisotopic (exact) mass is 451 g/mol. The lowest BCUT2D eigenvalue weighted by molar-refractivity contribution is 0.109. The molecule has 0 heterocycles. The van der Waals surface area contributed by atoms with E-state index in [-0.39, 0.29) is 6.15 Å². The van der Waals surface area contributed by atoms with Gasteiger partial charge in [0.05, 0.1) is 19.8 Å². The van der Waals surface area contributed by atoms with E-state index in [0.29, 0.717) is 19.8 Å². The summed E-state index contributed by atoms with van der Waals surface area (Å²) < 4.78 is 29.5. The Kier molecular flexibility index (Phi) is 25.5. The van der Waals surface area contributed by atoms with E-state index in [0.717, 1.165) is 44.4 Å². The first kappa shape index (κ1) is 32.3. The highest BCUT2D eigenvalue weighted by Crippen LogP contribution is 2.49. The van der Waals surface area contributed by atoms with Crippen molar-refractivity contribution in [3.8, 4) is 0 Å². The smallest absolute Gasteiger partial charge is 0.344 e. The van der Waals surface area contributed by atoms with E-state index in [1.807, 2.05) is 0 Å². The van der Waals surface area contributed by atoms with Crippen molar-refractivity contribution in [1.29, 1.82) is 0 Å². The van der Waals surface area contributed by atoms with Gasteiger partial charge in [0.2, 0.25) is 0 Å². The zero-order valence-corrected chi connectivity index (χ0v) is 21.7. The van der Waals surface area contributed by atoms with Crippen LogP contribution >= 0.6 is 7.82 Å². The molecule has 0 bridgehead atoms. The van der Waals surface area contributed by atoms with Gasteiger partial charge < -0.3 is 6.15 Å². The van der Waals surface area contributed by atoms with Crippen molar-refractivity contribution < 1.29 is 18.1 Å². The summed E-state index contributed by atoms with van der Waals surface area (Å²) in [5.41, 5.74) is 0. The summed E-state index contributed by atoms with van der Waals surface area (Å²) >= 11 is 0. The summed E-state index contributed by atoms with van der Waals surface area (Å²) in [6.45, 7) is 10.2. The van der Waals surface area contributed by atoms with Crippen LogP contribution in [0.3, 0.4) is 0 Å². The molecule has 1 unspecified atom stereocenters. The van der Waals surface area contributed by atoms with Crippen LogP contribution in [0.1, 0.15) is 130 Å². The minimum atomic E-state index is -3.39. The van der Waals surface area contributed by atoms with Crippen molar-refractivity contribution in [2.75, 3.05) is 19.8 Å². The molecule has 0 aliphatic heterocycles. The van der Waals surface area contributed by atoms with Crippen molar-refractivity contribution in [1.82, 2.24) is 6.15 Å². The van der Waals surface area contributed by atoms with E-state index < -0.39 is 7.82 Å². The van der Waals surface area contributed by atoms with Gasteiger partial charge in [-0.1, -0.05) is 111 Å². The van der Waals surface area contributed by atoms with Gasteiger partial charge in [-0.15, -0.1) is 0 Å². The van der Waals surface area contributed by atoms with Crippen LogP contribution in [-0.2, 0) is 18.1 Å². The molecule has 0 aromatic heterocycles. The molecule has 3 N–H and O–H groups in total. The molecular weight excluding hydrogens is 397 g/mol. The van der Waals surface area contributed by atoms with E-state index in [1.165, 1.54) is 64.2 Å². The Morgan fingerprint density at radius 1 is 0.567 bits per heavy atom. The molecule has 184 valence electrons. The quantitative estimate of drug-likeness (QED) is 0.124. The maximum absolute atomic E-state index is 12.8. The van der Waals surface area contributed by atoms with Crippen LogP contribution in [0.25, 0.3) is 0 Å². The topological polar surface area (TPSA) is 79.8 Å². The fourth-order valence-corrected chi connectivity index (χ4v) is 4.49. The predicted octanol–water partition coefficient (Wildman–Crippen LogP) is 9.24. The molecule has 30 heavy (non-hydrogen) atoms. The van der Waals surface area contributed by atoms with Gasteiger partial charge in [-0.25, -0.2) is 4.57 Å². The standard InChI is InChI=1S/C24H51O4P.H3N/c1-5-7-9-10-11-12-13-14-15-18-22-27-29(25,26-21-8-6-2)28-23-19-16-17-20-24(3)4;/h24H,5-23H2,1-4H3;1H3. The summed E-state index contributed by atoms with van der Waals surface area (Å²) in [6.07, 6.45) is 19.1. The van der Waals surface area contributed by atoms with Crippen molar-refractivity contribution in [2.24, 2.45) is 5.92 Å². The summed E-state index contributed by atoms with van der Waals surface area (Å²) in [5, 5.41) is 0. The van der Waals surface area contributed by atoms with E-state index in [2.05, 4.69) is 27.7 Å². The van der Waals surface area contributed by atoms with Crippen LogP contribution in [0.15, 0.2) is 0 Å². The van der Waals surface area contributed by atoms with E-state index in [9.17, 15) is 4.57 Å². The molecule has 0 aliphatic rings. The molecule has 0 fully saturated rings. The van der Waals surface area contributed by atoms with Crippen LogP contribution in [-0.4, -0.2) is 19.8 Å². The van der Waals surface area contributed by atoms with Crippen molar-refractivity contribution in [3.63, 3.8) is 0 Å². The second-order valence-electron chi connectivity index (χ2n) is 8.73. The Morgan fingerprint density at radius 2 is 0.933 bits per heavy atom. The highest BCUT2D eigenvalue weighted by Gasteiger charge is 2.26. The predicted molar refractivity (Wildman–Crippen MR) is 131 cm³/mol. The summed E-state index contributed by atoms with van der Waals surface area (Å²) in [7, 11) is -3.39. The average molecular weight is 452 g/mol. The molecule has 0 rings (SSSR count). The Balaban J connectivity index is 0. The number of hydrogen-bond acceptors (Lipinski definition) is 5. The number of phosphoric acid groups is 1. The van der Waals surface area contributed by atoms with Gasteiger partial charge in [0.1, 0.15) is 0 Å². The van der Waals surface area contributed by atoms with Crippen LogP contribution < -0.4 is 6.15 Å². The Hall–Kier alpha value is 0.0700. The van der Waals surface area contributed by atoms with Crippen LogP contribution in [0.2, 0.25) is 0 Å². The molecule has 0 aromatic carbocycles. The second-order valence-corrected chi connectivity index (χ2v) is 10.4. The van der Waals surface area contributed by atoms with Gasteiger partial charge in [-0.3, -0.25) is 13.6 Å². The first-order valence-corrected chi connectivity index (χ1v) is 14.0. The number of hydrogen-bond donors (Lipinski definition) is 1. The van der Waals surface area contributed by atoms with Crippen LogP contribution in [0.5, 0.6) is 0 Å². The van der Waals surface area contributed by atoms with Gasteiger partial charge in [0, 0.05) is 0 Å². The lowest BCUT2D eigenvalue weighted by atomic mass is 10.1. The molecule has 5 nitrogen and oxygen atoms in total. The van der Waals surface area contributed by atoms with Gasteiger partial charge in [-0.2, -0.15) is 0 Å². The molecule has 0 aromatic rings. The van der Waals surface area contributed by atoms with Gasteiger partial charge in [0.15, 0.2) is 0 Å². The van der Waals surface area contributed by atoms with Crippen molar-refractivity contribution in [3.05, 3.63) is 0 Å². The molecule has 0 amide bonds. The second kappa shape index (κ2) is 23.7. The number of rotatable bonds is 23. The molecule has 0 spiro atoms. The average Bonchev–Trinajstić information content (AvgIpc) is 2.69. The van der Waals surface area contributed by atoms with Crippen LogP contribution in [0.4, 0.5) is 0 Å². The highest BCUT2D eigenvalue weighted by molar-refractivity contribution is 7.48. The molecule has 0 aliphatic carbocycles. The van der Waals surface area contributed by atoms with E-state index in [1.54, 1.807) is 0 Å².